The number of benzene rings is 1. The van der Waals surface area contributed by atoms with E-state index in [0.717, 1.165) is 56.4 Å². The quantitative estimate of drug-likeness (QED) is 0.739. The summed E-state index contributed by atoms with van der Waals surface area (Å²) in [5.41, 5.74) is 2.55. The normalized spacial score (nSPS) is 23.0. The number of allylic oxidation sites excluding steroid dienone is 3. The molecule has 1 fully saturated rings. The monoisotopic (exact) mass is 401 g/mol. The highest BCUT2D eigenvalue weighted by Gasteiger charge is 2.40. The minimum Gasteiger partial charge on any atom is -0.459 e. The van der Waals surface area contributed by atoms with Crippen LogP contribution in [0.5, 0.6) is 0 Å². The number of hydrogen-bond acceptors (Lipinski definition) is 4. The second kappa shape index (κ2) is 8.09. The molecule has 1 atom stereocenters. The van der Waals surface area contributed by atoms with Crippen LogP contribution in [0, 0.1) is 11.6 Å². The number of ketones is 1. The Morgan fingerprint density at radius 1 is 1.07 bits per heavy atom. The summed E-state index contributed by atoms with van der Waals surface area (Å²) in [7, 11) is 0. The van der Waals surface area contributed by atoms with E-state index in [4.69, 9.17) is 4.74 Å². The fourth-order valence-corrected chi connectivity index (χ4v) is 4.68. The maximum absolute atomic E-state index is 14.0. The van der Waals surface area contributed by atoms with E-state index in [-0.39, 0.29) is 11.9 Å². The number of dihydropyridines is 1. The van der Waals surface area contributed by atoms with Crippen molar-refractivity contribution in [3.8, 4) is 0 Å². The van der Waals surface area contributed by atoms with Gasteiger partial charge in [0.05, 0.1) is 5.57 Å². The van der Waals surface area contributed by atoms with Gasteiger partial charge in [-0.25, -0.2) is 13.6 Å². The van der Waals surface area contributed by atoms with E-state index in [2.05, 4.69) is 5.32 Å². The van der Waals surface area contributed by atoms with Crippen molar-refractivity contribution in [2.24, 2.45) is 0 Å². The zero-order valence-corrected chi connectivity index (χ0v) is 16.5. The number of esters is 1. The number of carbonyl (C=O) groups excluding carboxylic acids is 2. The van der Waals surface area contributed by atoms with Crippen LogP contribution in [0.4, 0.5) is 8.78 Å². The molecule has 0 radical (unpaired) electrons. The Labute approximate surface area is 169 Å². The largest absolute Gasteiger partial charge is 0.459 e. The van der Waals surface area contributed by atoms with Gasteiger partial charge in [-0.15, -0.1) is 0 Å². The third-order valence-electron chi connectivity index (χ3n) is 6.10. The Morgan fingerprint density at radius 2 is 1.83 bits per heavy atom. The molecule has 1 aromatic carbocycles. The van der Waals surface area contributed by atoms with Crippen molar-refractivity contribution in [1.29, 1.82) is 0 Å². The van der Waals surface area contributed by atoms with Gasteiger partial charge in [-0.3, -0.25) is 4.79 Å². The van der Waals surface area contributed by atoms with Crippen molar-refractivity contribution < 1.29 is 23.1 Å². The van der Waals surface area contributed by atoms with Crippen molar-refractivity contribution in [2.75, 3.05) is 0 Å². The van der Waals surface area contributed by atoms with Gasteiger partial charge in [-0.05, 0) is 63.1 Å². The predicted molar refractivity (Wildman–Crippen MR) is 104 cm³/mol. The molecular formula is C23H25F2NO3. The van der Waals surface area contributed by atoms with Gasteiger partial charge < -0.3 is 10.1 Å². The Morgan fingerprint density at radius 3 is 2.55 bits per heavy atom. The SMILES string of the molecule is CC1=C(C(=O)OC2CCCCC2)C(c2ccc(F)c(F)c2)C2=C(CCCC2=O)N1. The molecule has 3 aliphatic rings. The minimum atomic E-state index is -0.996. The maximum atomic E-state index is 14.0. The van der Waals surface area contributed by atoms with Gasteiger partial charge in [-0.2, -0.15) is 0 Å². The van der Waals surface area contributed by atoms with Crippen molar-refractivity contribution in [2.45, 2.75) is 70.3 Å². The third-order valence-corrected chi connectivity index (χ3v) is 6.10. The number of carbonyl (C=O) groups is 2. The molecular weight excluding hydrogens is 376 g/mol. The maximum Gasteiger partial charge on any atom is 0.337 e. The summed E-state index contributed by atoms with van der Waals surface area (Å²) in [6.07, 6.45) is 6.49. The molecule has 1 unspecified atom stereocenters. The molecule has 0 amide bonds. The number of Topliss-reactive ketones (excluding diaryl/α,β-unsaturated/α-hetero) is 1. The molecule has 1 saturated carbocycles. The molecule has 0 spiro atoms. The average molecular weight is 401 g/mol. The van der Waals surface area contributed by atoms with Gasteiger partial charge >= 0.3 is 5.97 Å². The van der Waals surface area contributed by atoms with Crippen LogP contribution in [0.3, 0.4) is 0 Å². The summed E-state index contributed by atoms with van der Waals surface area (Å²) in [5, 5.41) is 3.21. The first-order valence-corrected chi connectivity index (χ1v) is 10.4. The summed E-state index contributed by atoms with van der Waals surface area (Å²) < 4.78 is 33.4. The zero-order valence-electron chi connectivity index (χ0n) is 16.5. The van der Waals surface area contributed by atoms with Crippen LogP contribution in [0.25, 0.3) is 0 Å². The number of halogens is 2. The van der Waals surface area contributed by atoms with Crippen LogP contribution in [0.15, 0.2) is 40.7 Å². The number of rotatable bonds is 3. The van der Waals surface area contributed by atoms with E-state index in [1.165, 1.54) is 6.07 Å². The van der Waals surface area contributed by atoms with Crippen LogP contribution < -0.4 is 5.32 Å². The van der Waals surface area contributed by atoms with Crippen LogP contribution in [0.2, 0.25) is 0 Å². The van der Waals surface area contributed by atoms with Crippen molar-refractivity contribution in [1.82, 2.24) is 5.32 Å². The summed E-state index contributed by atoms with van der Waals surface area (Å²) in [6, 6.07) is 3.57. The Kier molecular flexibility index (Phi) is 5.52. The standard InChI is InChI=1S/C23H25F2NO3/c1-13-20(23(28)29-15-6-3-2-4-7-15)21(14-10-11-16(24)17(25)12-14)22-18(26-13)8-5-9-19(22)27/h10-12,15,21,26H,2-9H2,1H3. The highest BCUT2D eigenvalue weighted by atomic mass is 19.2. The summed E-state index contributed by atoms with van der Waals surface area (Å²) in [5.74, 6) is -3.25. The number of nitrogens with one attached hydrogen (secondary N) is 1. The Bertz CT molecular complexity index is 913. The minimum absolute atomic E-state index is 0.0658. The Hall–Kier alpha value is -2.50. The number of hydrogen-bond donors (Lipinski definition) is 1. The number of ether oxygens (including phenoxy) is 1. The molecule has 0 aromatic heterocycles. The van der Waals surface area contributed by atoms with Crippen LogP contribution in [0.1, 0.15) is 69.8 Å². The first-order valence-electron chi connectivity index (χ1n) is 10.4. The van der Waals surface area contributed by atoms with Gasteiger partial charge in [-0.1, -0.05) is 12.5 Å². The smallest absolute Gasteiger partial charge is 0.337 e. The van der Waals surface area contributed by atoms with Crippen molar-refractivity contribution in [3.63, 3.8) is 0 Å². The molecule has 4 nitrogen and oxygen atoms in total. The lowest BCUT2D eigenvalue weighted by Gasteiger charge is -2.35. The van der Waals surface area contributed by atoms with E-state index in [1.807, 2.05) is 0 Å². The van der Waals surface area contributed by atoms with Crippen LogP contribution in [-0.2, 0) is 14.3 Å². The Balaban J connectivity index is 1.75. The fraction of sp³-hybridized carbons (Fsp3) is 0.478. The summed E-state index contributed by atoms with van der Waals surface area (Å²) in [4.78, 5) is 26.0. The molecule has 6 heteroatoms. The van der Waals surface area contributed by atoms with Crippen molar-refractivity contribution in [3.05, 3.63) is 57.9 Å². The molecule has 0 bridgehead atoms. The topological polar surface area (TPSA) is 55.4 Å². The fourth-order valence-electron chi connectivity index (χ4n) is 4.68. The van der Waals surface area contributed by atoms with E-state index in [0.29, 0.717) is 35.2 Å². The average Bonchev–Trinajstić information content (AvgIpc) is 2.70. The first kappa shape index (κ1) is 19.8. The summed E-state index contributed by atoms with van der Waals surface area (Å²) in [6.45, 7) is 1.77. The highest BCUT2D eigenvalue weighted by Crippen LogP contribution is 2.43. The molecule has 1 heterocycles. The van der Waals surface area contributed by atoms with E-state index < -0.39 is 23.5 Å². The molecule has 29 heavy (non-hydrogen) atoms. The highest BCUT2D eigenvalue weighted by molar-refractivity contribution is 6.03. The first-order chi connectivity index (χ1) is 14.0. The lowest BCUT2D eigenvalue weighted by molar-refractivity contribution is -0.146. The van der Waals surface area contributed by atoms with Gasteiger partial charge in [0.15, 0.2) is 17.4 Å². The van der Waals surface area contributed by atoms with Gasteiger partial charge in [0.25, 0.3) is 0 Å². The molecule has 154 valence electrons. The van der Waals surface area contributed by atoms with Gasteiger partial charge in [0.1, 0.15) is 6.10 Å². The third kappa shape index (κ3) is 3.85. The van der Waals surface area contributed by atoms with Crippen LogP contribution in [-0.4, -0.2) is 17.9 Å². The van der Waals surface area contributed by atoms with E-state index >= 15 is 0 Å². The molecule has 1 N–H and O–H groups in total. The van der Waals surface area contributed by atoms with E-state index in [1.54, 1.807) is 6.92 Å². The molecule has 4 rings (SSSR count). The molecule has 2 aliphatic carbocycles. The lowest BCUT2D eigenvalue weighted by atomic mass is 9.75. The zero-order chi connectivity index (χ0) is 20.5. The molecule has 1 aromatic rings. The predicted octanol–water partition coefficient (Wildman–Crippen LogP) is 4.81. The second-order valence-corrected chi connectivity index (χ2v) is 8.10. The lowest BCUT2D eigenvalue weighted by Crippen LogP contribution is -2.35. The molecule has 0 saturated heterocycles. The van der Waals surface area contributed by atoms with Gasteiger partial charge in [0, 0.05) is 29.3 Å². The van der Waals surface area contributed by atoms with Crippen molar-refractivity contribution >= 4 is 11.8 Å². The summed E-state index contributed by atoms with van der Waals surface area (Å²) >= 11 is 0. The second-order valence-electron chi connectivity index (χ2n) is 8.10. The van der Waals surface area contributed by atoms with E-state index in [9.17, 15) is 18.4 Å². The van der Waals surface area contributed by atoms with Crippen LogP contribution >= 0.6 is 0 Å². The van der Waals surface area contributed by atoms with Gasteiger partial charge in [0.2, 0.25) is 0 Å². The molecule has 1 aliphatic heterocycles.